The normalized spacial score (nSPS) is 10.2. The van der Waals surface area contributed by atoms with Gasteiger partial charge in [0.05, 0.1) is 6.54 Å². The van der Waals surface area contributed by atoms with Crippen molar-refractivity contribution in [2.45, 2.75) is 13.5 Å². The quantitative estimate of drug-likeness (QED) is 0.872. The molecule has 0 radical (unpaired) electrons. The Bertz CT molecular complexity index is 599. The molecular formula is C15H16N2O3. The zero-order chi connectivity index (χ0) is 14.5. The highest BCUT2D eigenvalue weighted by molar-refractivity contribution is 5.73. The van der Waals surface area contributed by atoms with Crippen molar-refractivity contribution in [1.29, 1.82) is 0 Å². The number of hydrogen-bond donors (Lipinski definition) is 2. The standard InChI is InChI=1S/C15H16N2O3/c1-11-7-8-14(18)13(16-11)9-17(10-15(19)20)12-5-3-2-4-6-12/h2-8,18H,9-10H2,1H3,(H,19,20). The molecule has 0 amide bonds. The molecule has 0 aliphatic heterocycles. The van der Waals surface area contributed by atoms with Crippen LogP contribution in [0.5, 0.6) is 5.75 Å². The summed E-state index contributed by atoms with van der Waals surface area (Å²) in [6.07, 6.45) is 0. The molecule has 1 aromatic heterocycles. The number of rotatable bonds is 5. The van der Waals surface area contributed by atoms with Crippen LogP contribution >= 0.6 is 0 Å². The minimum atomic E-state index is -0.930. The Morgan fingerprint density at radius 2 is 1.90 bits per heavy atom. The molecule has 0 saturated carbocycles. The lowest BCUT2D eigenvalue weighted by Crippen LogP contribution is -2.29. The van der Waals surface area contributed by atoms with Crippen molar-refractivity contribution < 1.29 is 15.0 Å². The van der Waals surface area contributed by atoms with Gasteiger partial charge in [0.2, 0.25) is 0 Å². The van der Waals surface area contributed by atoms with E-state index < -0.39 is 5.97 Å². The van der Waals surface area contributed by atoms with E-state index in [1.54, 1.807) is 17.0 Å². The van der Waals surface area contributed by atoms with E-state index in [4.69, 9.17) is 5.11 Å². The summed E-state index contributed by atoms with van der Waals surface area (Å²) in [6, 6.07) is 12.5. The van der Waals surface area contributed by atoms with E-state index in [9.17, 15) is 9.90 Å². The maximum absolute atomic E-state index is 11.0. The molecule has 104 valence electrons. The molecule has 20 heavy (non-hydrogen) atoms. The molecule has 1 heterocycles. The zero-order valence-corrected chi connectivity index (χ0v) is 11.2. The lowest BCUT2D eigenvalue weighted by atomic mass is 10.2. The number of hydrogen-bond acceptors (Lipinski definition) is 4. The highest BCUT2D eigenvalue weighted by Crippen LogP contribution is 2.21. The van der Waals surface area contributed by atoms with Crippen LogP contribution in [0.1, 0.15) is 11.4 Å². The molecule has 0 unspecified atom stereocenters. The first-order valence-electron chi connectivity index (χ1n) is 6.23. The van der Waals surface area contributed by atoms with Crippen molar-refractivity contribution in [3.63, 3.8) is 0 Å². The molecule has 2 N–H and O–H groups in total. The van der Waals surface area contributed by atoms with Crippen LogP contribution in [-0.2, 0) is 11.3 Å². The number of carboxylic acid groups (broad SMARTS) is 1. The molecule has 5 nitrogen and oxygen atoms in total. The summed E-state index contributed by atoms with van der Waals surface area (Å²) in [5.41, 5.74) is 2.02. The second-order valence-corrected chi connectivity index (χ2v) is 4.50. The van der Waals surface area contributed by atoms with Gasteiger partial charge in [0, 0.05) is 11.4 Å². The van der Waals surface area contributed by atoms with Crippen LogP contribution in [0.2, 0.25) is 0 Å². The van der Waals surface area contributed by atoms with E-state index in [0.717, 1.165) is 11.4 Å². The fourth-order valence-corrected chi connectivity index (χ4v) is 1.94. The Labute approximate surface area is 117 Å². The van der Waals surface area contributed by atoms with Crippen LogP contribution in [0.3, 0.4) is 0 Å². The molecule has 0 fully saturated rings. The Balaban J connectivity index is 2.28. The maximum atomic E-state index is 11.0. The minimum Gasteiger partial charge on any atom is -0.506 e. The van der Waals surface area contributed by atoms with Crippen LogP contribution in [0.25, 0.3) is 0 Å². The second-order valence-electron chi connectivity index (χ2n) is 4.50. The lowest BCUT2D eigenvalue weighted by molar-refractivity contribution is -0.135. The Morgan fingerprint density at radius 1 is 1.20 bits per heavy atom. The smallest absolute Gasteiger partial charge is 0.323 e. The van der Waals surface area contributed by atoms with Gasteiger partial charge in [-0.1, -0.05) is 18.2 Å². The predicted molar refractivity (Wildman–Crippen MR) is 75.8 cm³/mol. The number of pyridine rings is 1. The Hall–Kier alpha value is -2.56. The van der Waals surface area contributed by atoms with E-state index in [0.29, 0.717) is 5.69 Å². The van der Waals surface area contributed by atoms with E-state index in [-0.39, 0.29) is 18.8 Å². The molecule has 0 aliphatic rings. The lowest BCUT2D eigenvalue weighted by Gasteiger charge is -2.23. The van der Waals surface area contributed by atoms with Crippen molar-refractivity contribution in [3.05, 3.63) is 53.9 Å². The Morgan fingerprint density at radius 3 is 2.55 bits per heavy atom. The van der Waals surface area contributed by atoms with Gasteiger partial charge in [-0.2, -0.15) is 0 Å². The van der Waals surface area contributed by atoms with Crippen LogP contribution in [0.15, 0.2) is 42.5 Å². The monoisotopic (exact) mass is 272 g/mol. The number of aryl methyl sites for hydroxylation is 1. The molecule has 2 rings (SSSR count). The molecule has 0 aliphatic carbocycles. The first kappa shape index (κ1) is 13.9. The minimum absolute atomic E-state index is 0.0712. The van der Waals surface area contributed by atoms with Crippen LogP contribution in [-0.4, -0.2) is 27.7 Å². The third-order valence-electron chi connectivity index (χ3n) is 2.88. The molecule has 2 aromatic rings. The van der Waals surface area contributed by atoms with Gasteiger partial charge in [-0.25, -0.2) is 0 Å². The summed E-state index contributed by atoms with van der Waals surface area (Å²) in [5, 5.41) is 18.9. The number of nitrogens with zero attached hydrogens (tertiary/aromatic N) is 2. The predicted octanol–water partition coefficient (Wildman–Crippen LogP) is 2.19. The number of aliphatic carboxylic acids is 1. The first-order chi connectivity index (χ1) is 9.56. The number of carboxylic acids is 1. The summed E-state index contributed by atoms with van der Waals surface area (Å²) in [7, 11) is 0. The second kappa shape index (κ2) is 6.06. The highest BCUT2D eigenvalue weighted by atomic mass is 16.4. The zero-order valence-electron chi connectivity index (χ0n) is 11.2. The van der Waals surface area contributed by atoms with Gasteiger partial charge in [-0.15, -0.1) is 0 Å². The van der Waals surface area contributed by atoms with Crippen molar-refractivity contribution in [1.82, 2.24) is 4.98 Å². The SMILES string of the molecule is Cc1ccc(O)c(CN(CC(=O)O)c2ccccc2)n1. The van der Waals surface area contributed by atoms with E-state index in [1.165, 1.54) is 0 Å². The molecule has 0 spiro atoms. The third-order valence-corrected chi connectivity index (χ3v) is 2.88. The summed E-state index contributed by atoms with van der Waals surface area (Å²) < 4.78 is 0. The summed E-state index contributed by atoms with van der Waals surface area (Å²) in [6.45, 7) is 1.91. The summed E-state index contributed by atoms with van der Waals surface area (Å²) in [5.74, 6) is -0.858. The number of benzene rings is 1. The fraction of sp³-hybridized carbons (Fsp3) is 0.200. The van der Waals surface area contributed by atoms with Crippen molar-refractivity contribution in [3.8, 4) is 5.75 Å². The number of carbonyl (C=O) groups is 1. The molecule has 0 saturated heterocycles. The third kappa shape index (κ3) is 3.47. The van der Waals surface area contributed by atoms with Gasteiger partial charge in [-0.3, -0.25) is 9.78 Å². The summed E-state index contributed by atoms with van der Waals surface area (Å²) >= 11 is 0. The topological polar surface area (TPSA) is 73.7 Å². The highest BCUT2D eigenvalue weighted by Gasteiger charge is 2.14. The van der Waals surface area contributed by atoms with Gasteiger partial charge in [0.25, 0.3) is 0 Å². The van der Waals surface area contributed by atoms with Crippen LogP contribution in [0.4, 0.5) is 5.69 Å². The van der Waals surface area contributed by atoms with Gasteiger partial charge in [0.15, 0.2) is 0 Å². The van der Waals surface area contributed by atoms with E-state index in [2.05, 4.69) is 4.98 Å². The van der Waals surface area contributed by atoms with Crippen molar-refractivity contribution in [2.75, 3.05) is 11.4 Å². The molecule has 0 atom stereocenters. The number of aromatic nitrogens is 1. The van der Waals surface area contributed by atoms with Gasteiger partial charge in [-0.05, 0) is 31.2 Å². The van der Waals surface area contributed by atoms with Crippen LogP contribution < -0.4 is 4.90 Å². The number of anilines is 1. The van der Waals surface area contributed by atoms with Gasteiger partial charge < -0.3 is 15.1 Å². The number of aromatic hydroxyl groups is 1. The fourth-order valence-electron chi connectivity index (χ4n) is 1.94. The molecule has 1 aromatic carbocycles. The van der Waals surface area contributed by atoms with E-state index in [1.807, 2.05) is 37.3 Å². The molecule has 0 bridgehead atoms. The summed E-state index contributed by atoms with van der Waals surface area (Å²) in [4.78, 5) is 16.9. The largest absolute Gasteiger partial charge is 0.506 e. The first-order valence-corrected chi connectivity index (χ1v) is 6.23. The Kier molecular flexibility index (Phi) is 4.20. The van der Waals surface area contributed by atoms with Crippen LogP contribution in [0, 0.1) is 6.92 Å². The molecular weight excluding hydrogens is 256 g/mol. The van der Waals surface area contributed by atoms with Gasteiger partial charge in [0.1, 0.15) is 18.0 Å². The maximum Gasteiger partial charge on any atom is 0.323 e. The van der Waals surface area contributed by atoms with Crippen molar-refractivity contribution >= 4 is 11.7 Å². The molecule has 5 heteroatoms. The van der Waals surface area contributed by atoms with Gasteiger partial charge >= 0.3 is 5.97 Å². The average molecular weight is 272 g/mol. The van der Waals surface area contributed by atoms with Crippen molar-refractivity contribution in [2.24, 2.45) is 0 Å². The van der Waals surface area contributed by atoms with E-state index >= 15 is 0 Å². The number of para-hydroxylation sites is 1. The average Bonchev–Trinajstić information content (AvgIpc) is 2.42.